The van der Waals surface area contributed by atoms with Gasteiger partial charge >= 0.3 is 0 Å². The Hall–Kier alpha value is -6.96. The van der Waals surface area contributed by atoms with E-state index in [0.29, 0.717) is 0 Å². The van der Waals surface area contributed by atoms with Crippen molar-refractivity contribution in [3.63, 3.8) is 0 Å². The minimum Gasteiger partial charge on any atom is -0.310 e. The number of allylic oxidation sites excluding steroid dienone is 4. The van der Waals surface area contributed by atoms with Crippen LogP contribution in [0.3, 0.4) is 0 Å². The summed E-state index contributed by atoms with van der Waals surface area (Å²) in [6, 6.07) is 71.3. The van der Waals surface area contributed by atoms with Crippen molar-refractivity contribution >= 4 is 22.6 Å². The standard InChI is InChI=1S/C57H45N/c1-57(2)55-38-49(48-24-22-44(23-25-48)41-14-8-4-9-15-41)30-36-53(55)54-37-35-52(39-56(54)57)58(50-31-26-46(27-32-50)42-16-10-5-11-17-42)51-33-28-47(29-34-51)45-20-18-43(19-21-45)40-12-6-3-7-13-40/h4-6,8-39H,3,7H2,1-2H3. The predicted molar refractivity (Wildman–Crippen MR) is 247 cm³/mol. The van der Waals surface area contributed by atoms with Crippen molar-refractivity contribution in [1.82, 2.24) is 0 Å². The van der Waals surface area contributed by atoms with Crippen LogP contribution in [0, 0.1) is 0 Å². The van der Waals surface area contributed by atoms with Crippen LogP contribution in [0.5, 0.6) is 0 Å². The molecular formula is C57H45N. The lowest BCUT2D eigenvalue weighted by molar-refractivity contribution is 0.660. The molecule has 0 amide bonds. The van der Waals surface area contributed by atoms with E-state index in [1.165, 1.54) is 77.9 Å². The summed E-state index contributed by atoms with van der Waals surface area (Å²) in [4.78, 5) is 2.41. The average molecular weight is 744 g/mol. The van der Waals surface area contributed by atoms with Crippen LogP contribution in [0.2, 0.25) is 0 Å². The van der Waals surface area contributed by atoms with Crippen LogP contribution in [-0.4, -0.2) is 0 Å². The highest BCUT2D eigenvalue weighted by Gasteiger charge is 2.36. The zero-order valence-electron chi connectivity index (χ0n) is 33.1. The summed E-state index contributed by atoms with van der Waals surface area (Å²) < 4.78 is 0. The molecule has 0 radical (unpaired) electrons. The molecule has 2 aliphatic carbocycles. The second-order valence-corrected chi connectivity index (χ2v) is 16.1. The second-order valence-electron chi connectivity index (χ2n) is 16.1. The minimum atomic E-state index is -0.178. The van der Waals surface area contributed by atoms with Crippen molar-refractivity contribution < 1.29 is 0 Å². The third-order valence-corrected chi connectivity index (χ3v) is 12.1. The van der Waals surface area contributed by atoms with Gasteiger partial charge in [0.1, 0.15) is 0 Å². The Morgan fingerprint density at radius 3 is 1.26 bits per heavy atom. The molecule has 0 saturated heterocycles. The van der Waals surface area contributed by atoms with Crippen LogP contribution in [0.25, 0.3) is 61.2 Å². The Morgan fingerprint density at radius 2 is 0.759 bits per heavy atom. The van der Waals surface area contributed by atoms with Crippen molar-refractivity contribution in [3.8, 4) is 55.6 Å². The summed E-state index contributed by atoms with van der Waals surface area (Å²) in [5, 5.41) is 0. The molecule has 0 aliphatic heterocycles. The lowest BCUT2D eigenvalue weighted by Crippen LogP contribution is -2.16. The number of fused-ring (bicyclic) bond motifs is 3. The van der Waals surface area contributed by atoms with Gasteiger partial charge in [0.25, 0.3) is 0 Å². The second kappa shape index (κ2) is 14.8. The molecule has 8 aromatic rings. The van der Waals surface area contributed by atoms with E-state index in [0.717, 1.165) is 29.9 Å². The molecule has 1 nitrogen and oxygen atoms in total. The largest absolute Gasteiger partial charge is 0.310 e. The first-order chi connectivity index (χ1) is 28.5. The van der Waals surface area contributed by atoms with Gasteiger partial charge in [-0.3, -0.25) is 0 Å². The molecule has 0 fully saturated rings. The van der Waals surface area contributed by atoms with Crippen LogP contribution < -0.4 is 4.90 Å². The summed E-state index contributed by atoms with van der Waals surface area (Å²) in [7, 11) is 0. The molecule has 2 aliphatic rings. The molecule has 0 unspecified atom stereocenters. The summed E-state index contributed by atoms with van der Waals surface area (Å²) in [5.74, 6) is 0. The molecule has 58 heavy (non-hydrogen) atoms. The zero-order valence-corrected chi connectivity index (χ0v) is 33.1. The molecule has 0 saturated carbocycles. The Bertz CT molecular complexity index is 2790. The van der Waals surface area contributed by atoms with Gasteiger partial charge in [-0.15, -0.1) is 0 Å². The maximum Gasteiger partial charge on any atom is 0.0465 e. The first-order valence-corrected chi connectivity index (χ1v) is 20.5. The maximum absolute atomic E-state index is 2.43. The van der Waals surface area contributed by atoms with Gasteiger partial charge in [0, 0.05) is 22.5 Å². The maximum atomic E-state index is 2.43. The normalized spacial score (nSPS) is 13.7. The van der Waals surface area contributed by atoms with E-state index in [1.807, 2.05) is 0 Å². The van der Waals surface area contributed by atoms with Crippen LogP contribution in [-0.2, 0) is 5.41 Å². The molecule has 0 spiro atoms. The molecule has 10 rings (SSSR count). The Balaban J connectivity index is 0.993. The minimum absolute atomic E-state index is 0.178. The number of anilines is 3. The Labute approximate surface area is 342 Å². The van der Waals surface area contributed by atoms with E-state index in [9.17, 15) is 0 Å². The predicted octanol–water partition coefficient (Wildman–Crippen LogP) is 15.9. The van der Waals surface area contributed by atoms with E-state index in [-0.39, 0.29) is 5.41 Å². The highest BCUT2D eigenvalue weighted by molar-refractivity contribution is 5.88. The lowest BCUT2D eigenvalue weighted by Gasteiger charge is -2.28. The monoisotopic (exact) mass is 743 g/mol. The lowest BCUT2D eigenvalue weighted by atomic mass is 9.81. The van der Waals surface area contributed by atoms with Gasteiger partial charge in [0.05, 0.1) is 0 Å². The summed E-state index contributed by atoms with van der Waals surface area (Å²) in [6.45, 7) is 4.76. The molecule has 0 N–H and O–H groups in total. The van der Waals surface area contributed by atoms with Gasteiger partial charge in [-0.25, -0.2) is 0 Å². The molecule has 8 aromatic carbocycles. The molecule has 278 valence electrons. The molecular weight excluding hydrogens is 699 g/mol. The van der Waals surface area contributed by atoms with E-state index in [4.69, 9.17) is 0 Å². The molecule has 0 heterocycles. The first kappa shape index (κ1) is 35.5. The third kappa shape index (κ3) is 6.59. The SMILES string of the molecule is CC1(C)c2cc(-c3ccc(-c4ccccc4)cc3)ccc2-c2ccc(N(c3ccc(-c4ccccc4)cc3)c3ccc(-c4ccc(C5=CCCC=C5)cc4)cc3)cc21. The van der Waals surface area contributed by atoms with Gasteiger partial charge in [0.15, 0.2) is 0 Å². The fraction of sp³-hybridized carbons (Fsp3) is 0.0877. The van der Waals surface area contributed by atoms with E-state index >= 15 is 0 Å². The summed E-state index contributed by atoms with van der Waals surface area (Å²) >= 11 is 0. The number of hydrogen-bond donors (Lipinski definition) is 0. The highest BCUT2D eigenvalue weighted by atomic mass is 15.1. The highest BCUT2D eigenvalue weighted by Crippen LogP contribution is 2.52. The van der Waals surface area contributed by atoms with Crippen LogP contribution in [0.15, 0.2) is 212 Å². The number of hydrogen-bond acceptors (Lipinski definition) is 1. The van der Waals surface area contributed by atoms with Crippen LogP contribution in [0.1, 0.15) is 43.4 Å². The fourth-order valence-electron chi connectivity index (χ4n) is 8.90. The average Bonchev–Trinajstić information content (AvgIpc) is 3.52. The smallest absolute Gasteiger partial charge is 0.0465 e. The molecule has 0 bridgehead atoms. The van der Waals surface area contributed by atoms with Gasteiger partial charge in [-0.05, 0) is 133 Å². The summed E-state index contributed by atoms with van der Waals surface area (Å²) in [5.41, 5.74) is 21.0. The van der Waals surface area contributed by atoms with Gasteiger partial charge in [-0.2, -0.15) is 0 Å². The zero-order chi connectivity index (χ0) is 39.1. The van der Waals surface area contributed by atoms with Gasteiger partial charge in [0.2, 0.25) is 0 Å². The van der Waals surface area contributed by atoms with Gasteiger partial charge < -0.3 is 4.90 Å². The third-order valence-electron chi connectivity index (χ3n) is 12.1. The van der Waals surface area contributed by atoms with Crippen LogP contribution in [0.4, 0.5) is 17.1 Å². The van der Waals surface area contributed by atoms with Crippen molar-refractivity contribution in [2.45, 2.75) is 32.1 Å². The number of rotatable bonds is 8. The molecule has 0 aromatic heterocycles. The number of nitrogens with zero attached hydrogens (tertiary/aromatic N) is 1. The van der Waals surface area contributed by atoms with E-state index in [1.54, 1.807) is 0 Å². The Morgan fingerprint density at radius 1 is 0.362 bits per heavy atom. The van der Waals surface area contributed by atoms with Crippen molar-refractivity contribution in [2.75, 3.05) is 4.90 Å². The molecule has 0 atom stereocenters. The number of benzene rings is 8. The fourth-order valence-corrected chi connectivity index (χ4v) is 8.90. The van der Waals surface area contributed by atoms with Crippen LogP contribution >= 0.6 is 0 Å². The van der Waals surface area contributed by atoms with Crippen molar-refractivity contribution in [2.24, 2.45) is 0 Å². The molecule has 1 heteroatoms. The van der Waals surface area contributed by atoms with Gasteiger partial charge in [-0.1, -0.05) is 184 Å². The summed E-state index contributed by atoms with van der Waals surface area (Å²) in [6.07, 6.45) is 9.10. The Kier molecular flexibility index (Phi) is 9.07. The van der Waals surface area contributed by atoms with E-state index < -0.39 is 0 Å². The van der Waals surface area contributed by atoms with E-state index in [2.05, 4.69) is 231 Å². The van der Waals surface area contributed by atoms with Crippen molar-refractivity contribution in [3.05, 3.63) is 229 Å². The topological polar surface area (TPSA) is 3.24 Å². The quantitative estimate of drug-likeness (QED) is 0.150. The first-order valence-electron chi connectivity index (χ1n) is 20.5. The van der Waals surface area contributed by atoms with Crippen molar-refractivity contribution in [1.29, 1.82) is 0 Å².